The first kappa shape index (κ1) is 18.1. The van der Waals surface area contributed by atoms with E-state index < -0.39 is 20.3 Å². The maximum absolute atomic E-state index is 11.5. The van der Waals surface area contributed by atoms with Crippen LogP contribution < -0.4 is 5.73 Å². The van der Waals surface area contributed by atoms with Crippen LogP contribution in [0.1, 0.15) is 40.5 Å². The van der Waals surface area contributed by atoms with Gasteiger partial charge in [-0.25, -0.2) is 0 Å². The van der Waals surface area contributed by atoms with E-state index in [1.54, 1.807) is 6.92 Å². The van der Waals surface area contributed by atoms with Gasteiger partial charge in [-0.15, -0.1) is 0 Å². The molecule has 2 N–H and O–H groups in total. The molecule has 6 heteroatoms. The van der Waals surface area contributed by atoms with Crippen molar-refractivity contribution in [3.63, 3.8) is 0 Å². The maximum atomic E-state index is 11.5. The number of primary amides is 1. The molecular weight excluding hydrogens is 262 g/mol. The van der Waals surface area contributed by atoms with Crippen LogP contribution in [0.25, 0.3) is 0 Å². The van der Waals surface area contributed by atoms with Crippen molar-refractivity contribution in [1.29, 1.82) is 0 Å². The van der Waals surface area contributed by atoms with Gasteiger partial charge in [0.05, 0.1) is 25.6 Å². The molecule has 0 aliphatic heterocycles. The Morgan fingerprint density at radius 3 is 2.11 bits per heavy atom. The number of hydrogen-bond donors (Lipinski definition) is 1. The molecule has 0 aliphatic rings. The SMILES string of the molecule is CCOC(=O)C[C@@H](CC(N)=O)O[Si](C)(C)C(C)(C)C. The number of esters is 1. The molecule has 0 aromatic carbocycles. The van der Waals surface area contributed by atoms with Gasteiger partial charge in [0, 0.05) is 0 Å². The zero-order valence-electron chi connectivity index (χ0n) is 12.9. The molecule has 0 saturated carbocycles. The first-order chi connectivity index (χ1) is 8.49. The average Bonchev–Trinajstić information content (AvgIpc) is 2.13. The van der Waals surface area contributed by atoms with Crippen LogP contribution in [0.2, 0.25) is 18.1 Å². The summed E-state index contributed by atoms with van der Waals surface area (Å²) in [6.07, 6.45) is -0.369. The van der Waals surface area contributed by atoms with Crippen molar-refractivity contribution in [3.05, 3.63) is 0 Å². The number of nitrogens with two attached hydrogens (primary N) is 1. The van der Waals surface area contributed by atoms with E-state index in [2.05, 4.69) is 33.9 Å². The lowest BCUT2D eigenvalue weighted by molar-refractivity contribution is -0.145. The molecule has 0 rings (SSSR count). The molecule has 1 amide bonds. The summed E-state index contributed by atoms with van der Waals surface area (Å²) >= 11 is 0. The molecule has 0 radical (unpaired) electrons. The zero-order valence-corrected chi connectivity index (χ0v) is 13.9. The molecule has 0 aliphatic carbocycles. The van der Waals surface area contributed by atoms with Crippen LogP contribution in [0.5, 0.6) is 0 Å². The molecular formula is C13H27NO4Si. The van der Waals surface area contributed by atoms with Gasteiger partial charge in [0.25, 0.3) is 0 Å². The van der Waals surface area contributed by atoms with E-state index in [0.717, 1.165) is 0 Å². The zero-order chi connectivity index (χ0) is 15.3. The summed E-state index contributed by atoms with van der Waals surface area (Å²) in [4.78, 5) is 22.6. The van der Waals surface area contributed by atoms with E-state index in [1.807, 2.05) is 0 Å². The Kier molecular flexibility index (Phi) is 6.72. The Hall–Kier alpha value is -0.883. The van der Waals surface area contributed by atoms with Gasteiger partial charge < -0.3 is 14.9 Å². The third-order valence-electron chi connectivity index (χ3n) is 3.40. The highest BCUT2D eigenvalue weighted by Crippen LogP contribution is 2.37. The summed E-state index contributed by atoms with van der Waals surface area (Å²) in [6.45, 7) is 12.5. The van der Waals surface area contributed by atoms with Crippen LogP contribution >= 0.6 is 0 Å². The minimum atomic E-state index is -2.04. The first-order valence-corrected chi connectivity index (χ1v) is 9.52. The largest absolute Gasteiger partial charge is 0.466 e. The van der Waals surface area contributed by atoms with E-state index in [-0.39, 0.29) is 23.8 Å². The summed E-state index contributed by atoms with van der Waals surface area (Å²) in [6, 6.07) is 0. The van der Waals surface area contributed by atoms with Crippen molar-refractivity contribution < 1.29 is 18.8 Å². The number of carbonyl (C=O) groups is 2. The Morgan fingerprint density at radius 2 is 1.74 bits per heavy atom. The molecule has 0 fully saturated rings. The number of amides is 1. The minimum absolute atomic E-state index is 0.0115. The van der Waals surface area contributed by atoms with Crippen LogP contribution in [0, 0.1) is 0 Å². The minimum Gasteiger partial charge on any atom is -0.466 e. The molecule has 5 nitrogen and oxygen atoms in total. The lowest BCUT2D eigenvalue weighted by atomic mass is 10.2. The quantitative estimate of drug-likeness (QED) is 0.575. The van der Waals surface area contributed by atoms with Gasteiger partial charge >= 0.3 is 5.97 Å². The van der Waals surface area contributed by atoms with Gasteiger partial charge in [0.2, 0.25) is 5.91 Å². The van der Waals surface area contributed by atoms with Crippen LogP contribution in [0.4, 0.5) is 0 Å². The number of ether oxygens (including phenoxy) is 1. The fraction of sp³-hybridized carbons (Fsp3) is 0.846. The number of hydrogen-bond acceptors (Lipinski definition) is 4. The number of carbonyl (C=O) groups excluding carboxylic acids is 2. The van der Waals surface area contributed by atoms with Gasteiger partial charge in [-0.3, -0.25) is 9.59 Å². The molecule has 19 heavy (non-hydrogen) atoms. The van der Waals surface area contributed by atoms with E-state index in [0.29, 0.717) is 6.61 Å². The van der Waals surface area contributed by atoms with E-state index in [9.17, 15) is 9.59 Å². The van der Waals surface area contributed by atoms with Crippen LogP contribution in [0.15, 0.2) is 0 Å². The van der Waals surface area contributed by atoms with Gasteiger partial charge in [0.15, 0.2) is 8.32 Å². The van der Waals surface area contributed by atoms with Crippen LogP contribution in [-0.4, -0.2) is 32.9 Å². The standard InChI is InChI=1S/C13H27NO4Si/c1-7-17-12(16)9-10(8-11(14)15)18-19(5,6)13(2,3)4/h10H,7-9H2,1-6H3,(H2,14,15)/t10-/m1/s1. The highest BCUT2D eigenvalue weighted by molar-refractivity contribution is 6.74. The molecule has 0 saturated heterocycles. The molecule has 0 heterocycles. The lowest BCUT2D eigenvalue weighted by Gasteiger charge is -2.38. The third-order valence-corrected chi connectivity index (χ3v) is 7.93. The summed E-state index contributed by atoms with van der Waals surface area (Å²) in [5, 5.41) is 0.0115. The Balaban J connectivity index is 4.77. The second-order valence-corrected chi connectivity index (χ2v) is 10.9. The molecule has 0 unspecified atom stereocenters. The van der Waals surface area contributed by atoms with Gasteiger partial charge in [0.1, 0.15) is 0 Å². The van der Waals surface area contributed by atoms with Crippen molar-refractivity contribution >= 4 is 20.2 Å². The maximum Gasteiger partial charge on any atom is 0.308 e. The second-order valence-electron chi connectivity index (χ2n) is 6.18. The predicted octanol–water partition coefficient (Wildman–Crippen LogP) is 2.21. The molecule has 0 aromatic rings. The van der Waals surface area contributed by atoms with Crippen molar-refractivity contribution in [2.75, 3.05) is 6.61 Å². The summed E-state index contributed by atoms with van der Waals surface area (Å²) in [5.41, 5.74) is 5.22. The van der Waals surface area contributed by atoms with Crippen molar-refractivity contribution in [2.24, 2.45) is 5.73 Å². The summed E-state index contributed by atoms with van der Waals surface area (Å²) in [7, 11) is -2.04. The topological polar surface area (TPSA) is 78.6 Å². The van der Waals surface area contributed by atoms with Crippen molar-refractivity contribution in [3.8, 4) is 0 Å². The monoisotopic (exact) mass is 289 g/mol. The lowest BCUT2D eigenvalue weighted by Crippen LogP contribution is -2.45. The Bertz CT molecular complexity index is 323. The smallest absolute Gasteiger partial charge is 0.308 e. The Labute approximate surface area is 117 Å². The van der Waals surface area contributed by atoms with Gasteiger partial charge in [-0.1, -0.05) is 20.8 Å². The fourth-order valence-corrected chi connectivity index (χ4v) is 2.73. The van der Waals surface area contributed by atoms with Crippen molar-refractivity contribution in [1.82, 2.24) is 0 Å². The molecule has 112 valence electrons. The molecule has 1 atom stereocenters. The Morgan fingerprint density at radius 1 is 1.21 bits per heavy atom. The normalized spacial score (nSPS) is 14.0. The first-order valence-electron chi connectivity index (χ1n) is 6.61. The van der Waals surface area contributed by atoms with E-state index in [4.69, 9.17) is 14.9 Å². The highest BCUT2D eigenvalue weighted by atomic mass is 28.4. The molecule has 0 aromatic heterocycles. The van der Waals surface area contributed by atoms with E-state index in [1.165, 1.54) is 0 Å². The van der Waals surface area contributed by atoms with Gasteiger partial charge in [-0.05, 0) is 25.1 Å². The summed E-state index contributed by atoms with van der Waals surface area (Å²) in [5.74, 6) is -0.819. The molecule has 0 spiro atoms. The second kappa shape index (κ2) is 7.05. The summed E-state index contributed by atoms with van der Waals surface area (Å²) < 4.78 is 11.0. The van der Waals surface area contributed by atoms with E-state index >= 15 is 0 Å². The van der Waals surface area contributed by atoms with Gasteiger partial charge in [-0.2, -0.15) is 0 Å². The van der Waals surface area contributed by atoms with Crippen molar-refractivity contribution in [2.45, 2.75) is 64.8 Å². The molecule has 0 bridgehead atoms. The average molecular weight is 289 g/mol. The third kappa shape index (κ3) is 6.73. The van der Waals surface area contributed by atoms with Crippen LogP contribution in [-0.2, 0) is 18.8 Å². The van der Waals surface area contributed by atoms with Crippen LogP contribution in [0.3, 0.4) is 0 Å². The predicted molar refractivity (Wildman–Crippen MR) is 77.1 cm³/mol. The number of rotatable bonds is 7. The highest BCUT2D eigenvalue weighted by Gasteiger charge is 2.39. The fourth-order valence-electron chi connectivity index (χ4n) is 1.38.